The van der Waals surface area contributed by atoms with Gasteiger partial charge in [-0.15, -0.1) is 0 Å². The first-order valence-corrected chi connectivity index (χ1v) is 7.42. The SMILES string of the molecule is Cc1ccc2c(c1C)Cc1ccccc1S2(=O)=O. The van der Waals surface area contributed by atoms with Crippen molar-refractivity contribution in [3.8, 4) is 0 Å². The quantitative estimate of drug-likeness (QED) is 0.621. The molecule has 1 aliphatic heterocycles. The summed E-state index contributed by atoms with van der Waals surface area (Å²) in [5.74, 6) is 0. The van der Waals surface area contributed by atoms with Crippen LogP contribution in [0.3, 0.4) is 0 Å². The number of fused-ring (bicyclic) bond motifs is 2. The Hall–Kier alpha value is -1.61. The summed E-state index contributed by atoms with van der Waals surface area (Å²) in [6.45, 7) is 4.01. The third-order valence-corrected chi connectivity index (χ3v) is 5.68. The van der Waals surface area contributed by atoms with Crippen LogP contribution in [-0.2, 0) is 16.3 Å². The molecule has 0 saturated heterocycles. The van der Waals surface area contributed by atoms with Crippen molar-refractivity contribution in [2.75, 3.05) is 0 Å². The number of aryl methyl sites for hydroxylation is 1. The third kappa shape index (κ3) is 1.44. The van der Waals surface area contributed by atoms with Gasteiger partial charge >= 0.3 is 0 Å². The van der Waals surface area contributed by atoms with Crippen molar-refractivity contribution in [1.29, 1.82) is 0 Å². The van der Waals surface area contributed by atoms with Crippen LogP contribution in [0.1, 0.15) is 22.3 Å². The molecule has 0 N–H and O–H groups in total. The molecule has 18 heavy (non-hydrogen) atoms. The molecule has 0 aromatic heterocycles. The molecule has 0 radical (unpaired) electrons. The van der Waals surface area contributed by atoms with E-state index in [2.05, 4.69) is 0 Å². The first kappa shape index (κ1) is 11.5. The fraction of sp³-hybridized carbons (Fsp3) is 0.200. The van der Waals surface area contributed by atoms with Crippen LogP contribution in [0.2, 0.25) is 0 Å². The summed E-state index contributed by atoms with van der Waals surface area (Å²) in [5.41, 5.74) is 4.08. The largest absolute Gasteiger partial charge is 0.218 e. The Balaban J connectivity index is 2.39. The fourth-order valence-corrected chi connectivity index (χ4v) is 4.32. The van der Waals surface area contributed by atoms with Gasteiger partial charge in [-0.25, -0.2) is 8.42 Å². The third-order valence-electron chi connectivity index (χ3n) is 3.75. The molecular formula is C15H14O2S. The summed E-state index contributed by atoms with van der Waals surface area (Å²) in [5, 5.41) is 0. The molecule has 3 rings (SSSR count). The van der Waals surface area contributed by atoms with Gasteiger partial charge in [-0.3, -0.25) is 0 Å². The molecular weight excluding hydrogens is 244 g/mol. The highest BCUT2D eigenvalue weighted by Crippen LogP contribution is 2.36. The van der Waals surface area contributed by atoms with E-state index in [1.54, 1.807) is 18.2 Å². The van der Waals surface area contributed by atoms with E-state index in [-0.39, 0.29) is 0 Å². The van der Waals surface area contributed by atoms with Gasteiger partial charge in [-0.1, -0.05) is 24.3 Å². The Labute approximate surface area is 107 Å². The molecule has 0 saturated carbocycles. The summed E-state index contributed by atoms with van der Waals surface area (Å²) >= 11 is 0. The minimum absolute atomic E-state index is 0.459. The number of rotatable bonds is 0. The average Bonchev–Trinajstić information content (AvgIpc) is 2.34. The van der Waals surface area contributed by atoms with E-state index in [9.17, 15) is 8.42 Å². The summed E-state index contributed by atoms with van der Waals surface area (Å²) in [6, 6.07) is 10.9. The van der Waals surface area contributed by atoms with E-state index in [1.165, 1.54) is 0 Å². The maximum absolute atomic E-state index is 12.6. The highest BCUT2D eigenvalue weighted by atomic mass is 32.2. The van der Waals surface area contributed by atoms with Crippen molar-refractivity contribution < 1.29 is 8.42 Å². The Kier molecular flexibility index (Phi) is 2.35. The number of hydrogen-bond acceptors (Lipinski definition) is 2. The maximum atomic E-state index is 12.6. The standard InChI is InChI=1S/C15H14O2S/c1-10-7-8-15-13(11(10)2)9-12-5-3-4-6-14(12)18(15,16)17/h3-8H,9H2,1-2H3. The van der Waals surface area contributed by atoms with Crippen LogP contribution in [0.5, 0.6) is 0 Å². The van der Waals surface area contributed by atoms with E-state index in [0.29, 0.717) is 16.2 Å². The molecule has 2 aromatic carbocycles. The fourth-order valence-electron chi connectivity index (χ4n) is 2.54. The minimum Gasteiger partial charge on any atom is -0.218 e. The molecule has 1 heterocycles. The van der Waals surface area contributed by atoms with Crippen LogP contribution in [0.15, 0.2) is 46.2 Å². The van der Waals surface area contributed by atoms with Gasteiger partial charge in [0.25, 0.3) is 0 Å². The molecule has 92 valence electrons. The Morgan fingerprint density at radius 1 is 0.944 bits per heavy atom. The van der Waals surface area contributed by atoms with Crippen LogP contribution in [-0.4, -0.2) is 8.42 Å². The molecule has 2 aromatic rings. The van der Waals surface area contributed by atoms with Crippen molar-refractivity contribution in [2.45, 2.75) is 30.1 Å². The summed E-state index contributed by atoms with van der Waals surface area (Å²) in [4.78, 5) is 0.935. The van der Waals surface area contributed by atoms with Crippen LogP contribution >= 0.6 is 0 Å². The second kappa shape index (κ2) is 3.69. The van der Waals surface area contributed by atoms with Gasteiger partial charge in [-0.2, -0.15) is 0 Å². The van der Waals surface area contributed by atoms with Gasteiger partial charge < -0.3 is 0 Å². The zero-order chi connectivity index (χ0) is 12.9. The van der Waals surface area contributed by atoms with E-state index in [4.69, 9.17) is 0 Å². The summed E-state index contributed by atoms with van der Waals surface area (Å²) in [7, 11) is -3.34. The van der Waals surface area contributed by atoms with Crippen molar-refractivity contribution in [3.05, 3.63) is 58.7 Å². The van der Waals surface area contributed by atoms with Gasteiger partial charge in [-0.05, 0) is 48.2 Å². The molecule has 1 aliphatic rings. The average molecular weight is 258 g/mol. The zero-order valence-electron chi connectivity index (χ0n) is 10.4. The topological polar surface area (TPSA) is 34.1 Å². The molecule has 2 nitrogen and oxygen atoms in total. The molecule has 0 spiro atoms. The van der Waals surface area contributed by atoms with Crippen molar-refractivity contribution in [1.82, 2.24) is 0 Å². The Morgan fingerprint density at radius 2 is 1.67 bits per heavy atom. The Bertz CT molecular complexity index is 743. The molecule has 0 aliphatic carbocycles. The minimum atomic E-state index is -3.34. The Morgan fingerprint density at radius 3 is 2.44 bits per heavy atom. The summed E-state index contributed by atoms with van der Waals surface area (Å²) in [6.07, 6.45) is 0.707. The second-order valence-electron chi connectivity index (χ2n) is 4.77. The normalized spacial score (nSPS) is 15.9. The molecule has 3 heteroatoms. The van der Waals surface area contributed by atoms with E-state index < -0.39 is 9.84 Å². The molecule has 0 amide bonds. The van der Waals surface area contributed by atoms with Gasteiger partial charge in [0.15, 0.2) is 0 Å². The van der Waals surface area contributed by atoms with E-state index in [0.717, 1.165) is 22.3 Å². The van der Waals surface area contributed by atoms with Crippen molar-refractivity contribution >= 4 is 9.84 Å². The first-order chi connectivity index (χ1) is 8.51. The summed E-state index contributed by atoms with van der Waals surface area (Å²) < 4.78 is 25.1. The van der Waals surface area contributed by atoms with Crippen LogP contribution < -0.4 is 0 Å². The second-order valence-corrected chi connectivity index (χ2v) is 6.66. The molecule has 0 atom stereocenters. The van der Waals surface area contributed by atoms with Gasteiger partial charge in [0.2, 0.25) is 9.84 Å². The number of benzene rings is 2. The van der Waals surface area contributed by atoms with Crippen LogP contribution in [0.4, 0.5) is 0 Å². The van der Waals surface area contributed by atoms with Crippen molar-refractivity contribution in [3.63, 3.8) is 0 Å². The predicted octanol–water partition coefficient (Wildman–Crippen LogP) is 3.04. The first-order valence-electron chi connectivity index (χ1n) is 5.94. The smallest absolute Gasteiger partial charge is 0.207 e. The monoisotopic (exact) mass is 258 g/mol. The lowest BCUT2D eigenvalue weighted by Gasteiger charge is -2.22. The lowest BCUT2D eigenvalue weighted by atomic mass is 9.97. The van der Waals surface area contributed by atoms with E-state index >= 15 is 0 Å². The lowest BCUT2D eigenvalue weighted by molar-refractivity contribution is 0.591. The highest BCUT2D eigenvalue weighted by Gasteiger charge is 2.29. The molecule has 0 bridgehead atoms. The highest BCUT2D eigenvalue weighted by molar-refractivity contribution is 7.91. The van der Waals surface area contributed by atoms with Gasteiger partial charge in [0.1, 0.15) is 0 Å². The van der Waals surface area contributed by atoms with Crippen molar-refractivity contribution in [2.24, 2.45) is 0 Å². The van der Waals surface area contributed by atoms with Crippen LogP contribution in [0.25, 0.3) is 0 Å². The predicted molar refractivity (Wildman–Crippen MR) is 70.6 cm³/mol. The number of sulfone groups is 1. The van der Waals surface area contributed by atoms with Gasteiger partial charge in [0.05, 0.1) is 9.79 Å². The van der Waals surface area contributed by atoms with E-state index in [1.807, 2.05) is 32.0 Å². The van der Waals surface area contributed by atoms with Gasteiger partial charge in [0, 0.05) is 6.42 Å². The molecule has 0 unspecified atom stereocenters. The zero-order valence-corrected chi connectivity index (χ0v) is 11.2. The lowest BCUT2D eigenvalue weighted by Crippen LogP contribution is -2.16. The maximum Gasteiger partial charge on any atom is 0.207 e. The number of hydrogen-bond donors (Lipinski definition) is 0. The molecule has 0 fully saturated rings. The van der Waals surface area contributed by atoms with Crippen LogP contribution in [0, 0.1) is 13.8 Å².